The summed E-state index contributed by atoms with van der Waals surface area (Å²) in [5.41, 5.74) is 1.54. The number of nitrogens with zero attached hydrogens (tertiary/aromatic N) is 1. The third kappa shape index (κ3) is 4.96. The second-order valence-electron chi connectivity index (χ2n) is 6.25. The summed E-state index contributed by atoms with van der Waals surface area (Å²) in [4.78, 5) is 26.1. The Kier molecular flexibility index (Phi) is 6.46. The van der Waals surface area contributed by atoms with Crippen molar-refractivity contribution < 1.29 is 9.59 Å². The Bertz CT molecular complexity index is 566. The van der Waals surface area contributed by atoms with Crippen molar-refractivity contribution in [2.24, 2.45) is 0 Å². The Morgan fingerprint density at radius 2 is 1.87 bits per heavy atom. The lowest BCUT2D eigenvalue weighted by molar-refractivity contribution is -0.135. The molecule has 0 atom stereocenters. The van der Waals surface area contributed by atoms with Crippen LogP contribution in [0, 0.1) is 6.92 Å². The van der Waals surface area contributed by atoms with Gasteiger partial charge in [0.1, 0.15) is 6.54 Å². The van der Waals surface area contributed by atoms with Crippen LogP contribution in [0.4, 0.5) is 5.69 Å². The Morgan fingerprint density at radius 3 is 2.48 bits per heavy atom. The van der Waals surface area contributed by atoms with Crippen molar-refractivity contribution in [1.29, 1.82) is 0 Å². The van der Waals surface area contributed by atoms with Gasteiger partial charge >= 0.3 is 0 Å². The van der Waals surface area contributed by atoms with Crippen LogP contribution in [0.3, 0.4) is 0 Å². The zero-order valence-corrected chi connectivity index (χ0v) is 14.7. The number of amides is 2. The van der Waals surface area contributed by atoms with Gasteiger partial charge < -0.3 is 10.2 Å². The fraction of sp³-hybridized carbons (Fsp3) is 0.556. The topological polar surface area (TPSA) is 49.4 Å². The first kappa shape index (κ1) is 17.8. The molecule has 1 aromatic carbocycles. The number of hydrogen-bond acceptors (Lipinski definition) is 2. The molecule has 23 heavy (non-hydrogen) atoms. The van der Waals surface area contributed by atoms with E-state index >= 15 is 0 Å². The fourth-order valence-corrected chi connectivity index (χ4v) is 3.33. The zero-order chi connectivity index (χ0) is 16.8. The van der Waals surface area contributed by atoms with Gasteiger partial charge in [-0.1, -0.05) is 43.4 Å². The maximum absolute atomic E-state index is 12.4. The van der Waals surface area contributed by atoms with Crippen LogP contribution in [-0.2, 0) is 9.59 Å². The smallest absolute Gasteiger partial charge is 0.244 e. The van der Waals surface area contributed by atoms with E-state index < -0.39 is 0 Å². The van der Waals surface area contributed by atoms with Crippen molar-refractivity contribution in [3.63, 3.8) is 0 Å². The van der Waals surface area contributed by atoms with Gasteiger partial charge in [0.05, 0.1) is 0 Å². The SMILES string of the molecule is CC(=O)N(CC(=O)Nc1cccc(Cl)c1C)C1CCCCCC1. The quantitative estimate of drug-likeness (QED) is 0.839. The van der Waals surface area contributed by atoms with Gasteiger partial charge in [-0.2, -0.15) is 0 Å². The number of carbonyl (C=O) groups is 2. The van der Waals surface area contributed by atoms with Gasteiger partial charge in [-0.05, 0) is 37.5 Å². The standard InChI is InChI=1S/C18H25ClN2O2/c1-13-16(19)10-7-11-17(13)20-18(23)12-21(14(2)22)15-8-5-3-4-6-9-15/h7,10-11,15H,3-6,8-9,12H2,1-2H3,(H,20,23). The molecule has 126 valence electrons. The van der Waals surface area contributed by atoms with Crippen molar-refractivity contribution in [2.75, 3.05) is 11.9 Å². The van der Waals surface area contributed by atoms with Crippen LogP contribution in [0.15, 0.2) is 18.2 Å². The third-order valence-corrected chi connectivity index (χ3v) is 4.94. The van der Waals surface area contributed by atoms with Crippen LogP contribution < -0.4 is 5.32 Å². The largest absolute Gasteiger partial charge is 0.331 e. The summed E-state index contributed by atoms with van der Waals surface area (Å²) < 4.78 is 0. The maximum Gasteiger partial charge on any atom is 0.244 e. The van der Waals surface area contributed by atoms with Crippen LogP contribution in [0.1, 0.15) is 51.0 Å². The lowest BCUT2D eigenvalue weighted by Gasteiger charge is -2.29. The normalized spacial score (nSPS) is 15.8. The predicted molar refractivity (Wildman–Crippen MR) is 93.7 cm³/mol. The lowest BCUT2D eigenvalue weighted by atomic mass is 10.1. The Labute approximate surface area is 143 Å². The van der Waals surface area contributed by atoms with E-state index in [2.05, 4.69) is 5.32 Å². The number of nitrogens with one attached hydrogen (secondary N) is 1. The second-order valence-corrected chi connectivity index (χ2v) is 6.66. The summed E-state index contributed by atoms with van der Waals surface area (Å²) in [5, 5.41) is 3.49. The van der Waals surface area contributed by atoms with E-state index in [-0.39, 0.29) is 24.4 Å². The zero-order valence-electron chi connectivity index (χ0n) is 13.9. The van der Waals surface area contributed by atoms with Crippen molar-refractivity contribution in [2.45, 2.75) is 58.4 Å². The number of anilines is 1. The molecule has 0 aliphatic heterocycles. The van der Waals surface area contributed by atoms with Crippen LogP contribution in [-0.4, -0.2) is 29.3 Å². The van der Waals surface area contributed by atoms with Crippen molar-refractivity contribution in [1.82, 2.24) is 4.90 Å². The van der Waals surface area contributed by atoms with Crippen LogP contribution in [0.25, 0.3) is 0 Å². The van der Waals surface area contributed by atoms with Crippen LogP contribution in [0.2, 0.25) is 5.02 Å². The Hall–Kier alpha value is -1.55. The first-order chi connectivity index (χ1) is 11.0. The average molecular weight is 337 g/mol. The summed E-state index contributed by atoms with van der Waals surface area (Å²) >= 11 is 6.08. The molecule has 4 nitrogen and oxygen atoms in total. The van der Waals surface area contributed by atoms with E-state index in [9.17, 15) is 9.59 Å². The molecule has 2 amide bonds. The third-order valence-electron chi connectivity index (χ3n) is 4.53. The summed E-state index contributed by atoms with van der Waals surface area (Å²) in [6.45, 7) is 3.51. The van der Waals surface area contributed by atoms with Crippen molar-refractivity contribution in [3.8, 4) is 0 Å². The Morgan fingerprint density at radius 1 is 1.22 bits per heavy atom. The van der Waals surface area contributed by atoms with Gasteiger partial charge in [0.15, 0.2) is 0 Å². The maximum atomic E-state index is 12.4. The van der Waals surface area contributed by atoms with Crippen LogP contribution in [0.5, 0.6) is 0 Å². The number of carbonyl (C=O) groups excluding carboxylic acids is 2. The fourth-order valence-electron chi connectivity index (χ4n) is 3.15. The first-order valence-corrected chi connectivity index (χ1v) is 8.69. The molecule has 1 aliphatic carbocycles. The van der Waals surface area contributed by atoms with Crippen molar-refractivity contribution in [3.05, 3.63) is 28.8 Å². The highest BCUT2D eigenvalue weighted by Gasteiger charge is 2.24. The second kappa shape index (κ2) is 8.34. The molecule has 0 spiro atoms. The molecule has 1 fully saturated rings. The monoisotopic (exact) mass is 336 g/mol. The minimum Gasteiger partial charge on any atom is -0.331 e. The van der Waals surface area contributed by atoms with Gasteiger partial charge in [-0.3, -0.25) is 9.59 Å². The molecule has 1 aliphatic rings. The summed E-state index contributed by atoms with van der Waals surface area (Å²) in [5.74, 6) is -0.204. The summed E-state index contributed by atoms with van der Waals surface area (Å²) in [6, 6.07) is 5.60. The number of benzene rings is 1. The molecule has 1 saturated carbocycles. The highest BCUT2D eigenvalue weighted by molar-refractivity contribution is 6.31. The van der Waals surface area contributed by atoms with Gasteiger partial charge in [0, 0.05) is 23.7 Å². The molecule has 0 heterocycles. The molecule has 0 bridgehead atoms. The van der Waals surface area contributed by atoms with Gasteiger partial charge in [0.2, 0.25) is 11.8 Å². The molecule has 2 rings (SSSR count). The number of hydrogen-bond donors (Lipinski definition) is 1. The molecular weight excluding hydrogens is 312 g/mol. The van der Waals surface area contributed by atoms with Gasteiger partial charge in [-0.15, -0.1) is 0 Å². The molecular formula is C18H25ClN2O2. The van der Waals surface area contributed by atoms with Gasteiger partial charge in [-0.25, -0.2) is 0 Å². The van der Waals surface area contributed by atoms with E-state index in [1.54, 1.807) is 24.0 Å². The molecule has 0 saturated heterocycles. The van der Waals surface area contributed by atoms with Gasteiger partial charge in [0.25, 0.3) is 0 Å². The van der Waals surface area contributed by atoms with Crippen molar-refractivity contribution >= 4 is 29.1 Å². The van der Waals surface area contributed by atoms with Crippen LogP contribution >= 0.6 is 11.6 Å². The molecule has 0 aromatic heterocycles. The molecule has 1 aromatic rings. The van der Waals surface area contributed by atoms with E-state index in [0.29, 0.717) is 10.7 Å². The predicted octanol–water partition coefficient (Wildman–Crippen LogP) is 4.16. The van der Waals surface area contributed by atoms with E-state index in [1.807, 2.05) is 13.0 Å². The minimum atomic E-state index is -0.171. The lowest BCUT2D eigenvalue weighted by Crippen LogP contribution is -2.43. The Balaban J connectivity index is 2.03. The summed E-state index contributed by atoms with van der Waals surface area (Å²) in [6.07, 6.45) is 6.67. The number of rotatable bonds is 4. The average Bonchev–Trinajstić information content (AvgIpc) is 2.78. The molecule has 0 unspecified atom stereocenters. The van der Waals surface area contributed by atoms with E-state index in [1.165, 1.54) is 12.8 Å². The highest BCUT2D eigenvalue weighted by atomic mass is 35.5. The molecule has 0 radical (unpaired) electrons. The molecule has 5 heteroatoms. The van der Waals surface area contributed by atoms with E-state index in [0.717, 1.165) is 31.2 Å². The molecule has 1 N–H and O–H groups in total. The highest BCUT2D eigenvalue weighted by Crippen LogP contribution is 2.24. The number of halogens is 1. The first-order valence-electron chi connectivity index (χ1n) is 8.31. The summed E-state index contributed by atoms with van der Waals surface area (Å²) in [7, 11) is 0. The minimum absolute atomic E-state index is 0.0325. The van der Waals surface area contributed by atoms with E-state index in [4.69, 9.17) is 11.6 Å².